The number of carbonyl (C=O) groups excluding carboxylic acids is 2. The Morgan fingerprint density at radius 2 is 1.53 bits per heavy atom. The number of halogens is 6. The molecule has 318 valence electrons. The van der Waals surface area contributed by atoms with Crippen LogP contribution in [-0.2, 0) is 28.4 Å². The smallest absolute Gasteiger partial charge is 0.395 e. The number of aliphatic hydroxyl groups excluding tert-OH is 2. The Hall–Kier alpha value is -4.78. The fourth-order valence-electron chi connectivity index (χ4n) is 7.41. The van der Waals surface area contributed by atoms with E-state index in [2.05, 4.69) is 30.6 Å². The molecule has 0 bridgehead atoms. The van der Waals surface area contributed by atoms with Gasteiger partial charge < -0.3 is 35.5 Å². The first-order valence-electron chi connectivity index (χ1n) is 19.7. The Labute approximate surface area is 333 Å². The predicted molar refractivity (Wildman–Crippen MR) is 205 cm³/mol. The molecular weight excluding hydrogens is 772 g/mol. The van der Waals surface area contributed by atoms with E-state index in [4.69, 9.17) is 0 Å². The second kappa shape index (κ2) is 20.8. The van der Waals surface area contributed by atoms with E-state index in [9.17, 15) is 46.1 Å². The summed E-state index contributed by atoms with van der Waals surface area (Å²) in [6, 6.07) is 7.35. The molecule has 2 aliphatic heterocycles. The molecule has 13 nitrogen and oxygen atoms in total. The molecule has 2 saturated heterocycles. The number of rotatable bonds is 20. The van der Waals surface area contributed by atoms with Crippen LogP contribution in [0.5, 0.6) is 0 Å². The summed E-state index contributed by atoms with van der Waals surface area (Å²) in [7, 11) is 0. The fourth-order valence-corrected chi connectivity index (χ4v) is 7.41. The molecule has 0 saturated carbocycles. The molecule has 58 heavy (non-hydrogen) atoms. The molecule has 0 radical (unpaired) electrons. The number of piperidine rings is 1. The zero-order chi connectivity index (χ0) is 41.7. The lowest BCUT2D eigenvalue weighted by Crippen LogP contribution is -2.38. The number of hydrogen-bond acceptors (Lipinski definition) is 12. The Balaban J connectivity index is 1.06. The topological polar surface area (TPSA) is 160 Å². The van der Waals surface area contributed by atoms with Crippen molar-refractivity contribution in [2.45, 2.75) is 82.6 Å². The molecule has 1 amide bonds. The maximum absolute atomic E-state index is 14.1. The van der Waals surface area contributed by atoms with Gasteiger partial charge in [-0.15, -0.1) is 0 Å². The molecule has 2 aliphatic rings. The summed E-state index contributed by atoms with van der Waals surface area (Å²) in [6.45, 7) is 2.54. The minimum atomic E-state index is -4.80. The van der Waals surface area contributed by atoms with Crippen LogP contribution in [0.2, 0.25) is 0 Å². The molecule has 1 atom stereocenters. The highest BCUT2D eigenvalue weighted by Gasteiger charge is 2.39. The maximum Gasteiger partial charge on any atom is 0.451 e. The number of amides is 1. The normalized spacial score (nSPS) is 16.4. The number of ketones is 1. The summed E-state index contributed by atoms with van der Waals surface area (Å²) in [5, 5.41) is 24.5. The first-order valence-corrected chi connectivity index (χ1v) is 19.7. The molecule has 4 heterocycles. The Bertz CT molecular complexity index is 1770. The second-order valence-electron chi connectivity index (χ2n) is 14.6. The van der Waals surface area contributed by atoms with E-state index in [0.29, 0.717) is 120 Å². The van der Waals surface area contributed by atoms with Gasteiger partial charge in [-0.2, -0.15) is 26.3 Å². The van der Waals surface area contributed by atoms with Gasteiger partial charge in [0.1, 0.15) is 29.6 Å². The number of aliphatic hydroxyl groups is 2. The Kier molecular flexibility index (Phi) is 15.9. The fraction of sp³-hybridized carbons (Fsp3) is 0.590. The van der Waals surface area contributed by atoms with Gasteiger partial charge in [-0.25, -0.2) is 19.9 Å². The molecule has 0 unspecified atom stereocenters. The average molecular weight is 824 g/mol. The molecule has 19 heteroatoms. The van der Waals surface area contributed by atoms with E-state index in [1.54, 1.807) is 15.9 Å². The standard InChI is InChI=1S/C39H51F6N9O4/c40-38(41,42)29-11-9-27(10-12-29)4-1-7-31(57)30-6-3-17-54(30)35-25-34(50-37(51-35)39(43,44)45)52-18-13-28(14-19-52)5-2-8-36(58)47-16-15-46-32-24-33(49-26-48-32)53(20-22-55)21-23-56/h9-12,24-26,28,30,55-56H,1-8,13-23H2,(H,47,58)(H,46,48,49)/t30-/m0/s1. The lowest BCUT2D eigenvalue weighted by molar-refractivity contribution is -0.144. The highest BCUT2D eigenvalue weighted by atomic mass is 19.4. The number of aromatic nitrogens is 4. The van der Waals surface area contributed by atoms with Crippen molar-refractivity contribution in [3.8, 4) is 0 Å². The van der Waals surface area contributed by atoms with Crippen molar-refractivity contribution in [1.29, 1.82) is 0 Å². The predicted octanol–water partition coefficient (Wildman–Crippen LogP) is 5.27. The third-order valence-corrected chi connectivity index (χ3v) is 10.5. The van der Waals surface area contributed by atoms with E-state index in [1.807, 2.05) is 4.90 Å². The lowest BCUT2D eigenvalue weighted by Gasteiger charge is -2.34. The summed E-state index contributed by atoms with van der Waals surface area (Å²) < 4.78 is 80.9. The van der Waals surface area contributed by atoms with E-state index in [1.165, 1.54) is 24.5 Å². The quantitative estimate of drug-likeness (QED) is 0.0866. The zero-order valence-corrected chi connectivity index (χ0v) is 32.2. The SMILES string of the molecule is O=C(CCCC1CCN(c2cc(N3CCC[C@H]3C(=O)CCCc3ccc(C(F)(F)F)cc3)nc(C(F)(F)F)n2)CC1)NCCNc1cc(N(CCO)CCO)ncn1. The molecule has 0 spiro atoms. The van der Waals surface area contributed by atoms with Gasteiger partial charge in [0.15, 0.2) is 5.78 Å². The van der Waals surface area contributed by atoms with Crippen molar-refractivity contribution in [2.75, 3.05) is 79.0 Å². The first-order chi connectivity index (χ1) is 27.7. The van der Waals surface area contributed by atoms with Crippen LogP contribution in [0.25, 0.3) is 0 Å². The number of nitrogens with zero attached hydrogens (tertiary/aromatic N) is 7. The van der Waals surface area contributed by atoms with E-state index in [-0.39, 0.29) is 43.0 Å². The number of anilines is 4. The number of Topliss-reactive ketones (excluding diaryl/α,β-unsaturated/α-hetero) is 1. The van der Waals surface area contributed by atoms with E-state index in [0.717, 1.165) is 18.6 Å². The number of alkyl halides is 6. The van der Waals surface area contributed by atoms with Crippen LogP contribution in [-0.4, -0.2) is 107 Å². The minimum Gasteiger partial charge on any atom is -0.395 e. The summed E-state index contributed by atoms with van der Waals surface area (Å²) in [5.74, 6) is 0.0709. The van der Waals surface area contributed by atoms with Crippen molar-refractivity contribution in [2.24, 2.45) is 5.92 Å². The molecule has 2 aromatic heterocycles. The largest absolute Gasteiger partial charge is 0.451 e. The number of hydrogen-bond donors (Lipinski definition) is 4. The molecule has 1 aromatic carbocycles. The first kappa shape index (κ1) is 44.3. The van der Waals surface area contributed by atoms with Gasteiger partial charge in [0.05, 0.1) is 24.8 Å². The Morgan fingerprint density at radius 1 is 0.828 bits per heavy atom. The van der Waals surface area contributed by atoms with Gasteiger partial charge in [-0.3, -0.25) is 9.59 Å². The highest BCUT2D eigenvalue weighted by Crippen LogP contribution is 2.35. The van der Waals surface area contributed by atoms with Crippen molar-refractivity contribution < 1.29 is 46.1 Å². The van der Waals surface area contributed by atoms with Crippen LogP contribution in [0.1, 0.15) is 74.7 Å². The summed E-state index contributed by atoms with van der Waals surface area (Å²) >= 11 is 0. The van der Waals surface area contributed by atoms with Crippen LogP contribution < -0.4 is 25.3 Å². The molecule has 4 N–H and O–H groups in total. The molecule has 5 rings (SSSR count). The average Bonchev–Trinajstić information content (AvgIpc) is 3.70. The summed E-state index contributed by atoms with van der Waals surface area (Å²) in [6.07, 6.45) is -2.68. The van der Waals surface area contributed by atoms with E-state index < -0.39 is 29.8 Å². The summed E-state index contributed by atoms with van der Waals surface area (Å²) in [5.41, 5.74) is -0.0898. The Morgan fingerprint density at radius 3 is 2.21 bits per heavy atom. The highest BCUT2D eigenvalue weighted by molar-refractivity contribution is 5.87. The number of benzene rings is 1. The number of nitrogens with one attached hydrogen (secondary N) is 2. The lowest BCUT2D eigenvalue weighted by atomic mass is 9.91. The van der Waals surface area contributed by atoms with Crippen LogP contribution in [0, 0.1) is 5.92 Å². The van der Waals surface area contributed by atoms with Crippen molar-refractivity contribution >= 4 is 35.0 Å². The van der Waals surface area contributed by atoms with Crippen molar-refractivity contribution in [1.82, 2.24) is 25.3 Å². The zero-order valence-electron chi connectivity index (χ0n) is 32.2. The van der Waals surface area contributed by atoms with Crippen molar-refractivity contribution in [3.63, 3.8) is 0 Å². The van der Waals surface area contributed by atoms with Crippen LogP contribution >= 0.6 is 0 Å². The number of aryl methyl sites for hydroxylation is 1. The van der Waals surface area contributed by atoms with Gasteiger partial charge in [0, 0.05) is 70.8 Å². The van der Waals surface area contributed by atoms with Crippen LogP contribution in [0.15, 0.2) is 42.7 Å². The van der Waals surface area contributed by atoms with Gasteiger partial charge >= 0.3 is 12.4 Å². The van der Waals surface area contributed by atoms with Crippen LogP contribution in [0.4, 0.5) is 49.6 Å². The molecule has 2 fully saturated rings. The van der Waals surface area contributed by atoms with E-state index >= 15 is 0 Å². The molecule has 3 aromatic rings. The maximum atomic E-state index is 14.1. The third-order valence-electron chi connectivity index (χ3n) is 10.5. The molecular formula is C39H51F6N9O4. The van der Waals surface area contributed by atoms with Crippen LogP contribution in [0.3, 0.4) is 0 Å². The minimum absolute atomic E-state index is 0.0452. The van der Waals surface area contributed by atoms with Gasteiger partial charge in [0.25, 0.3) is 0 Å². The third kappa shape index (κ3) is 12.9. The second-order valence-corrected chi connectivity index (χ2v) is 14.6. The number of carbonyl (C=O) groups is 2. The monoisotopic (exact) mass is 823 g/mol. The van der Waals surface area contributed by atoms with Gasteiger partial charge in [-0.1, -0.05) is 12.1 Å². The van der Waals surface area contributed by atoms with Crippen molar-refractivity contribution in [3.05, 3.63) is 59.7 Å². The van der Waals surface area contributed by atoms with Gasteiger partial charge in [-0.05, 0) is 75.0 Å². The molecule has 0 aliphatic carbocycles. The summed E-state index contributed by atoms with van der Waals surface area (Å²) in [4.78, 5) is 47.1. The van der Waals surface area contributed by atoms with Gasteiger partial charge in [0.2, 0.25) is 11.7 Å².